The Morgan fingerprint density at radius 2 is 1.14 bits per heavy atom. The molecule has 0 rings (SSSR count). The first kappa shape index (κ1) is 37.5. The first-order valence-corrected chi connectivity index (χ1v) is 0.494. The van der Waals surface area contributed by atoms with E-state index in [-0.39, 0.29) is 78.9 Å². The Balaban J connectivity index is -0.00000000333. The number of carbonyl (C=O) groups is 1. The normalized spacial score (nSPS) is 1.71. The molecule has 0 aromatic carbocycles. The molecule has 0 heterocycles. The maximum absolute atomic E-state index is 8.36. The van der Waals surface area contributed by atoms with E-state index in [4.69, 9.17) is 9.90 Å². The third kappa shape index (κ3) is 84.8. The second-order valence-electron chi connectivity index (χ2n) is 0.105. The van der Waals surface area contributed by atoms with Crippen LogP contribution in [0.15, 0.2) is 0 Å². The minimum absolute atomic E-state index is 0. The van der Waals surface area contributed by atoms with Gasteiger partial charge in [-0.25, -0.2) is 0 Å². The Morgan fingerprint density at radius 1 is 1.14 bits per heavy atom. The van der Waals surface area contributed by atoms with Gasteiger partial charge >= 0.3 is 37.7 Å². The summed E-state index contributed by atoms with van der Waals surface area (Å²) in [6.45, 7) is -0.250. The molecule has 0 saturated carbocycles. The fraction of sp³-hybridized carbons (Fsp3) is 0. The summed E-state index contributed by atoms with van der Waals surface area (Å²) in [4.78, 5) is 8.36. The molecule has 0 saturated heterocycles. The molecule has 6 heteroatoms. The Bertz CT molecular complexity index is 21.2. The van der Waals surface area contributed by atoms with Gasteiger partial charge in [0.25, 0.3) is 6.47 Å². The third-order valence-electron chi connectivity index (χ3n) is 0. The second kappa shape index (κ2) is 47.0. The molecule has 0 unspecified atom stereocenters. The van der Waals surface area contributed by atoms with Crippen molar-refractivity contribution in [3.05, 3.63) is 0 Å². The van der Waals surface area contributed by atoms with Crippen molar-refractivity contribution >= 4 is 78.9 Å². The Kier molecular flexibility index (Phi) is 252. The molecular formula is CH10Al2Li2O2. The maximum atomic E-state index is 8.36. The molecule has 0 aromatic heterocycles. The molecule has 0 bridgehead atoms. The second-order valence-corrected chi connectivity index (χ2v) is 0.105. The fourth-order valence-corrected chi connectivity index (χ4v) is 0. The Labute approximate surface area is 88.0 Å². The summed E-state index contributed by atoms with van der Waals surface area (Å²) in [5, 5.41) is 6.89. The molecule has 0 aromatic rings. The molecule has 0 atom stereocenters. The van der Waals surface area contributed by atoms with Gasteiger partial charge in [0, 0.05) is 0 Å². The summed E-state index contributed by atoms with van der Waals surface area (Å²) in [7, 11) is 0. The standard InChI is InChI=1S/CH2O2.2Al.2Li.8H/c2-1-3;;;;;;;;;;;;/h1H,(H,2,3);;;;;;;;;;;;. The Morgan fingerprint density at radius 3 is 1.14 bits per heavy atom. The molecule has 0 aliphatic carbocycles. The van der Waals surface area contributed by atoms with Gasteiger partial charge in [-0.1, -0.05) is 0 Å². The summed E-state index contributed by atoms with van der Waals surface area (Å²) in [5.41, 5.74) is 0. The Hall–Kier alpha value is 1.73. The van der Waals surface area contributed by atoms with Gasteiger partial charge in [0.15, 0.2) is 34.7 Å². The molecule has 0 amide bonds. The van der Waals surface area contributed by atoms with Gasteiger partial charge < -0.3 is 5.11 Å². The van der Waals surface area contributed by atoms with Crippen LogP contribution in [0.3, 0.4) is 0 Å². The molecular weight excluding hydrogens is 112 g/mol. The fourth-order valence-electron chi connectivity index (χ4n) is 0. The van der Waals surface area contributed by atoms with Crippen LogP contribution >= 0.6 is 0 Å². The summed E-state index contributed by atoms with van der Waals surface area (Å²) in [6, 6.07) is 0. The summed E-state index contributed by atoms with van der Waals surface area (Å²) < 4.78 is 0. The van der Waals surface area contributed by atoms with Crippen LogP contribution < -0.4 is 0 Å². The average Bonchev–Trinajstić information content (AvgIpc) is 0.918. The van der Waals surface area contributed by atoms with Gasteiger partial charge in [-0.15, -0.1) is 0 Å². The van der Waals surface area contributed by atoms with Gasteiger partial charge in [-0.3, -0.25) is 4.79 Å². The van der Waals surface area contributed by atoms with Crippen LogP contribution in [0.4, 0.5) is 0 Å². The van der Waals surface area contributed by atoms with Crippen molar-refractivity contribution in [2.24, 2.45) is 0 Å². The average molecular weight is 122 g/mol. The predicted octanol–water partition coefficient (Wildman–Crippen LogP) is -3.96. The zero-order valence-corrected chi connectivity index (χ0v) is 1.43. The molecule has 0 radical (unpaired) electrons. The van der Waals surface area contributed by atoms with Crippen LogP contribution in [0.2, 0.25) is 0 Å². The van der Waals surface area contributed by atoms with Crippen molar-refractivity contribution in [1.29, 1.82) is 0 Å². The molecule has 34 valence electrons. The molecule has 0 aliphatic rings. The van der Waals surface area contributed by atoms with Crippen molar-refractivity contribution in [1.82, 2.24) is 0 Å². The predicted molar refractivity (Wildman–Crippen MR) is 42.9 cm³/mol. The van der Waals surface area contributed by atoms with Crippen LogP contribution in [-0.4, -0.2) is 84.0 Å². The van der Waals surface area contributed by atoms with Crippen molar-refractivity contribution in [3.8, 4) is 0 Å². The summed E-state index contributed by atoms with van der Waals surface area (Å²) in [6.07, 6.45) is 0. The number of hydrogen-bond acceptors (Lipinski definition) is 1. The first-order valence-electron chi connectivity index (χ1n) is 0.494. The van der Waals surface area contributed by atoms with Crippen molar-refractivity contribution in [3.63, 3.8) is 0 Å². The zero-order chi connectivity index (χ0) is 2.71. The topological polar surface area (TPSA) is 37.3 Å². The van der Waals surface area contributed by atoms with Crippen LogP contribution in [0, 0.1) is 0 Å². The summed E-state index contributed by atoms with van der Waals surface area (Å²) >= 11 is 0. The van der Waals surface area contributed by atoms with Gasteiger partial charge in [-0.05, 0) is 0 Å². The molecule has 1 N–H and O–H groups in total. The van der Waals surface area contributed by atoms with E-state index in [0.717, 1.165) is 0 Å². The zero-order valence-electron chi connectivity index (χ0n) is 1.43. The van der Waals surface area contributed by atoms with Gasteiger partial charge in [0.2, 0.25) is 0 Å². The van der Waals surface area contributed by atoms with Gasteiger partial charge in [0.1, 0.15) is 0 Å². The van der Waals surface area contributed by atoms with E-state index in [1.54, 1.807) is 0 Å². The van der Waals surface area contributed by atoms with E-state index in [0.29, 0.717) is 0 Å². The van der Waals surface area contributed by atoms with E-state index in [2.05, 4.69) is 0 Å². The minimum atomic E-state index is -0.250. The first-order chi connectivity index (χ1) is 1.41. The SMILES string of the molecule is O=CO.[AlH3].[AlH3].[LiH].[LiH]. The van der Waals surface area contributed by atoms with Crippen molar-refractivity contribution in [2.45, 2.75) is 0 Å². The monoisotopic (exact) mass is 122 g/mol. The van der Waals surface area contributed by atoms with E-state index in [1.165, 1.54) is 0 Å². The van der Waals surface area contributed by atoms with Crippen LogP contribution in [0.5, 0.6) is 0 Å². The third-order valence-corrected chi connectivity index (χ3v) is 0. The molecule has 0 spiro atoms. The van der Waals surface area contributed by atoms with E-state index in [9.17, 15) is 0 Å². The summed E-state index contributed by atoms with van der Waals surface area (Å²) in [5.74, 6) is 0. The van der Waals surface area contributed by atoms with Gasteiger partial charge in [0.05, 0.1) is 0 Å². The van der Waals surface area contributed by atoms with E-state index in [1.807, 2.05) is 0 Å². The molecule has 2 nitrogen and oxygen atoms in total. The molecule has 7 heavy (non-hydrogen) atoms. The van der Waals surface area contributed by atoms with Crippen LogP contribution in [0.1, 0.15) is 0 Å². The molecule has 0 fully saturated rings. The molecule has 0 aliphatic heterocycles. The van der Waals surface area contributed by atoms with E-state index >= 15 is 0 Å². The van der Waals surface area contributed by atoms with Crippen LogP contribution in [-0.2, 0) is 4.79 Å². The van der Waals surface area contributed by atoms with E-state index < -0.39 is 0 Å². The number of rotatable bonds is 0. The number of carboxylic acid groups (broad SMARTS) is 1. The number of hydrogen-bond donors (Lipinski definition) is 1. The van der Waals surface area contributed by atoms with Gasteiger partial charge in [-0.2, -0.15) is 0 Å². The van der Waals surface area contributed by atoms with Crippen molar-refractivity contribution in [2.75, 3.05) is 0 Å². The quantitative estimate of drug-likeness (QED) is 0.263. The van der Waals surface area contributed by atoms with Crippen molar-refractivity contribution < 1.29 is 9.90 Å². The van der Waals surface area contributed by atoms with Crippen LogP contribution in [0.25, 0.3) is 0 Å².